The molecular weight excluding hydrogens is 402 g/mol. The Bertz CT molecular complexity index is 970. The molecular formula is C23H28F2N4O2. The number of rotatable bonds is 3. The van der Waals surface area contributed by atoms with E-state index in [1.54, 1.807) is 11.9 Å². The van der Waals surface area contributed by atoms with E-state index >= 15 is 0 Å². The van der Waals surface area contributed by atoms with Crippen LogP contribution in [0.25, 0.3) is 0 Å². The van der Waals surface area contributed by atoms with Crippen molar-refractivity contribution in [2.24, 2.45) is 16.7 Å². The highest BCUT2D eigenvalue weighted by atomic mass is 19.1. The van der Waals surface area contributed by atoms with Crippen LogP contribution in [0.15, 0.2) is 29.8 Å². The van der Waals surface area contributed by atoms with Gasteiger partial charge in [0, 0.05) is 31.3 Å². The van der Waals surface area contributed by atoms with Crippen molar-refractivity contribution >= 4 is 17.5 Å². The van der Waals surface area contributed by atoms with E-state index in [1.807, 2.05) is 0 Å². The fraction of sp³-hybridized carbons (Fsp3) is 0.522. The lowest BCUT2D eigenvalue weighted by Gasteiger charge is -2.47. The van der Waals surface area contributed by atoms with E-state index in [-0.39, 0.29) is 34.7 Å². The molecule has 1 aromatic rings. The Kier molecular flexibility index (Phi) is 5.24. The topological polar surface area (TPSA) is 89.3 Å². The lowest BCUT2D eigenvalue weighted by molar-refractivity contribution is -0.0881. The standard InChI is InChI=1S/C23H28F2N4O2/c1-22(2)14-7-8-23(22,18-12-29(9-10-31-18)21(30)28-3)20(27)13(14)11-17(26)19-15(24)5-4-6-16(19)25/h4-6,11,14,18,26-27H,7-10,12H2,1-3H3,(H,28,30)/b13-11-,26-17?,27-20?/t14-,18-,23-/m0/s1. The summed E-state index contributed by atoms with van der Waals surface area (Å²) in [6.07, 6.45) is 2.65. The van der Waals surface area contributed by atoms with Crippen LogP contribution in [0.2, 0.25) is 0 Å². The van der Waals surface area contributed by atoms with Gasteiger partial charge in [-0.2, -0.15) is 0 Å². The monoisotopic (exact) mass is 430 g/mol. The van der Waals surface area contributed by atoms with Crippen LogP contribution in [0, 0.1) is 39.2 Å². The fourth-order valence-corrected chi connectivity index (χ4v) is 5.97. The summed E-state index contributed by atoms with van der Waals surface area (Å²) in [4.78, 5) is 13.9. The van der Waals surface area contributed by atoms with Crippen molar-refractivity contribution in [3.8, 4) is 0 Å². The van der Waals surface area contributed by atoms with Gasteiger partial charge in [0.2, 0.25) is 0 Å². The van der Waals surface area contributed by atoms with E-state index < -0.39 is 17.0 Å². The van der Waals surface area contributed by atoms with Crippen LogP contribution in [0.3, 0.4) is 0 Å². The number of halogens is 2. The number of carbonyl (C=O) groups is 1. The Morgan fingerprint density at radius 1 is 1.32 bits per heavy atom. The molecule has 4 rings (SSSR count). The van der Waals surface area contributed by atoms with Gasteiger partial charge in [-0.25, -0.2) is 13.6 Å². The zero-order valence-electron chi connectivity index (χ0n) is 18.0. The Balaban J connectivity index is 1.71. The zero-order valence-corrected chi connectivity index (χ0v) is 18.0. The Hall–Kier alpha value is -2.61. The number of hydrogen-bond acceptors (Lipinski definition) is 4. The SMILES string of the molecule is CNC(=O)N1CCO[C@H]([C@@]23CC[C@@H](/C(=C/C(=N)c4c(F)cccc4F)C2=N)C3(C)C)C1. The molecule has 3 aliphatic rings. The predicted molar refractivity (Wildman–Crippen MR) is 114 cm³/mol. The van der Waals surface area contributed by atoms with Gasteiger partial charge in [0.25, 0.3) is 0 Å². The molecule has 8 heteroatoms. The molecule has 2 amide bonds. The first-order chi connectivity index (χ1) is 14.6. The van der Waals surface area contributed by atoms with Gasteiger partial charge in [0.15, 0.2) is 0 Å². The second-order valence-corrected chi connectivity index (χ2v) is 9.13. The summed E-state index contributed by atoms with van der Waals surface area (Å²) in [7, 11) is 1.59. The van der Waals surface area contributed by atoms with Crippen LogP contribution in [0.5, 0.6) is 0 Å². The van der Waals surface area contributed by atoms with E-state index in [9.17, 15) is 13.6 Å². The molecule has 166 valence electrons. The molecule has 0 unspecified atom stereocenters. The number of allylic oxidation sites excluding steroid dienone is 2. The summed E-state index contributed by atoms with van der Waals surface area (Å²) in [5.41, 5.74) is -0.615. The van der Waals surface area contributed by atoms with Gasteiger partial charge < -0.3 is 25.8 Å². The van der Waals surface area contributed by atoms with Crippen molar-refractivity contribution in [1.82, 2.24) is 10.2 Å². The highest BCUT2D eigenvalue weighted by Crippen LogP contribution is 2.68. The largest absolute Gasteiger partial charge is 0.374 e. The lowest BCUT2D eigenvalue weighted by atomic mass is 9.64. The molecule has 3 atom stereocenters. The third kappa shape index (κ3) is 3.03. The average Bonchev–Trinajstić information content (AvgIpc) is 3.09. The molecule has 1 aliphatic heterocycles. The third-order valence-corrected chi connectivity index (χ3v) is 7.61. The summed E-state index contributed by atoms with van der Waals surface area (Å²) < 4.78 is 34.5. The van der Waals surface area contributed by atoms with E-state index in [1.165, 1.54) is 12.1 Å². The maximum Gasteiger partial charge on any atom is 0.317 e. The molecule has 1 heterocycles. The van der Waals surface area contributed by atoms with E-state index in [2.05, 4.69) is 19.2 Å². The van der Waals surface area contributed by atoms with Crippen molar-refractivity contribution in [3.05, 3.63) is 47.0 Å². The quantitative estimate of drug-likeness (QED) is 0.638. The minimum atomic E-state index is -0.789. The van der Waals surface area contributed by atoms with Crippen molar-refractivity contribution in [1.29, 1.82) is 10.8 Å². The normalized spacial score (nSPS) is 30.7. The fourth-order valence-electron chi connectivity index (χ4n) is 5.97. The van der Waals surface area contributed by atoms with Crippen LogP contribution in [0.1, 0.15) is 32.3 Å². The predicted octanol–water partition coefficient (Wildman–Crippen LogP) is 3.76. The minimum absolute atomic E-state index is 0.0193. The first kappa shape index (κ1) is 21.6. The van der Waals surface area contributed by atoms with Crippen LogP contribution in [-0.4, -0.2) is 55.2 Å². The van der Waals surface area contributed by atoms with Crippen molar-refractivity contribution < 1.29 is 18.3 Å². The summed E-state index contributed by atoms with van der Waals surface area (Å²) in [6.45, 7) is 5.45. The number of nitrogens with zero attached hydrogens (tertiary/aromatic N) is 1. The summed E-state index contributed by atoms with van der Waals surface area (Å²) in [5.74, 6) is -1.60. The number of fused-ring (bicyclic) bond motifs is 2. The lowest BCUT2D eigenvalue weighted by Crippen LogP contribution is -2.58. The van der Waals surface area contributed by atoms with Gasteiger partial charge in [0.1, 0.15) is 11.6 Å². The Labute approximate surface area is 180 Å². The maximum atomic E-state index is 14.2. The Morgan fingerprint density at radius 3 is 2.65 bits per heavy atom. The van der Waals surface area contributed by atoms with Gasteiger partial charge in [-0.15, -0.1) is 0 Å². The number of hydrogen-bond donors (Lipinski definition) is 3. The number of ether oxygens (including phenoxy) is 1. The van der Waals surface area contributed by atoms with Crippen molar-refractivity contribution in [2.75, 3.05) is 26.7 Å². The van der Waals surface area contributed by atoms with Gasteiger partial charge in [0.05, 0.1) is 24.0 Å². The molecule has 0 aromatic heterocycles. The molecule has 0 spiro atoms. The summed E-state index contributed by atoms with van der Waals surface area (Å²) in [6, 6.07) is 3.36. The minimum Gasteiger partial charge on any atom is -0.374 e. The van der Waals surface area contributed by atoms with Gasteiger partial charge in [-0.3, -0.25) is 0 Å². The number of benzene rings is 1. The average molecular weight is 430 g/mol. The number of amides is 2. The van der Waals surface area contributed by atoms with Crippen molar-refractivity contribution in [3.63, 3.8) is 0 Å². The highest BCUT2D eigenvalue weighted by Gasteiger charge is 2.68. The molecule has 3 fully saturated rings. The van der Waals surface area contributed by atoms with E-state index in [0.717, 1.165) is 25.0 Å². The molecule has 3 N–H and O–H groups in total. The molecule has 2 saturated carbocycles. The zero-order chi connectivity index (χ0) is 22.6. The molecule has 0 radical (unpaired) electrons. The van der Waals surface area contributed by atoms with Gasteiger partial charge in [-0.1, -0.05) is 19.9 Å². The molecule has 6 nitrogen and oxygen atoms in total. The Morgan fingerprint density at radius 2 is 2.00 bits per heavy atom. The van der Waals surface area contributed by atoms with Crippen LogP contribution >= 0.6 is 0 Å². The van der Waals surface area contributed by atoms with Crippen LogP contribution in [0.4, 0.5) is 13.6 Å². The molecule has 1 saturated heterocycles. The second-order valence-electron chi connectivity index (χ2n) is 9.13. The van der Waals surface area contributed by atoms with Gasteiger partial charge in [-0.05, 0) is 48.0 Å². The molecule has 1 aromatic carbocycles. The van der Waals surface area contributed by atoms with Gasteiger partial charge >= 0.3 is 6.03 Å². The third-order valence-electron chi connectivity index (χ3n) is 7.61. The maximum absolute atomic E-state index is 14.2. The van der Waals surface area contributed by atoms with Crippen LogP contribution < -0.4 is 5.32 Å². The first-order valence-corrected chi connectivity index (χ1v) is 10.6. The van der Waals surface area contributed by atoms with E-state index in [4.69, 9.17) is 15.6 Å². The second kappa shape index (κ2) is 7.51. The molecule has 2 bridgehead atoms. The number of morpholine rings is 1. The summed E-state index contributed by atoms with van der Waals surface area (Å²) >= 11 is 0. The summed E-state index contributed by atoms with van der Waals surface area (Å²) in [5, 5.41) is 20.1. The number of nitrogens with one attached hydrogen (secondary N) is 3. The smallest absolute Gasteiger partial charge is 0.317 e. The van der Waals surface area contributed by atoms with Crippen LogP contribution in [-0.2, 0) is 4.74 Å². The van der Waals surface area contributed by atoms with E-state index in [0.29, 0.717) is 31.0 Å². The number of carbonyl (C=O) groups excluding carboxylic acids is 1. The highest BCUT2D eigenvalue weighted by molar-refractivity contribution is 6.15. The molecule has 2 aliphatic carbocycles. The first-order valence-electron chi connectivity index (χ1n) is 10.6. The molecule has 31 heavy (non-hydrogen) atoms. The van der Waals surface area contributed by atoms with Crippen molar-refractivity contribution in [2.45, 2.75) is 32.8 Å². The number of urea groups is 1.